The summed E-state index contributed by atoms with van der Waals surface area (Å²) in [5.41, 5.74) is -1.53. The van der Waals surface area contributed by atoms with E-state index in [9.17, 15) is 14.4 Å². The summed E-state index contributed by atoms with van der Waals surface area (Å²) in [6, 6.07) is 9.00. The molecule has 1 aliphatic rings. The van der Waals surface area contributed by atoms with Crippen molar-refractivity contribution >= 4 is 17.9 Å². The quantitative estimate of drug-likeness (QED) is 0.223. The molecule has 184 valence electrons. The molecule has 0 bridgehead atoms. The van der Waals surface area contributed by atoms with Crippen LogP contribution in [0.4, 0.5) is 0 Å². The van der Waals surface area contributed by atoms with Gasteiger partial charge in [0.15, 0.2) is 17.8 Å². The Hall–Kier alpha value is -2.49. The second kappa shape index (κ2) is 11.1. The summed E-state index contributed by atoms with van der Waals surface area (Å²) in [5, 5.41) is 0. The molecule has 1 saturated heterocycles. The zero-order chi connectivity index (χ0) is 24.8. The topological polar surface area (TPSA) is 107 Å². The van der Waals surface area contributed by atoms with E-state index >= 15 is 0 Å². The minimum Gasteiger partial charge on any atom is -0.468 e. The molecule has 4 atom stereocenters. The molecule has 1 aromatic rings. The Labute approximate surface area is 194 Å². The Morgan fingerprint density at radius 1 is 1.06 bits per heavy atom. The predicted molar refractivity (Wildman–Crippen MR) is 116 cm³/mol. The fourth-order valence-corrected chi connectivity index (χ4v) is 3.86. The van der Waals surface area contributed by atoms with Crippen LogP contribution in [0.15, 0.2) is 30.3 Å². The number of ether oxygens (including phenoxy) is 6. The van der Waals surface area contributed by atoms with E-state index in [2.05, 4.69) is 0 Å². The first kappa shape index (κ1) is 26.8. The van der Waals surface area contributed by atoms with E-state index in [0.717, 1.165) is 12.7 Å². The fourth-order valence-electron chi connectivity index (χ4n) is 3.86. The molecular weight excluding hydrogens is 432 g/mol. The van der Waals surface area contributed by atoms with Crippen LogP contribution in [-0.4, -0.2) is 57.4 Å². The average Bonchev–Trinajstić information content (AvgIpc) is 3.15. The van der Waals surface area contributed by atoms with E-state index in [1.807, 2.05) is 26.8 Å². The third-order valence-electron chi connectivity index (χ3n) is 5.70. The molecule has 1 aliphatic heterocycles. The number of carbonyl (C=O) groups excluding carboxylic acids is 3. The number of esters is 3. The van der Waals surface area contributed by atoms with Crippen molar-refractivity contribution in [1.29, 1.82) is 0 Å². The molecule has 9 nitrogen and oxygen atoms in total. The Bertz CT molecular complexity index is 813. The number of benzene rings is 1. The van der Waals surface area contributed by atoms with Gasteiger partial charge in [-0.1, -0.05) is 58.0 Å². The highest BCUT2D eigenvalue weighted by molar-refractivity contribution is 5.97. The summed E-state index contributed by atoms with van der Waals surface area (Å²) in [5.74, 6) is -5.32. The van der Waals surface area contributed by atoms with Gasteiger partial charge in [0.25, 0.3) is 0 Å². The number of hydrogen-bond donors (Lipinski definition) is 0. The van der Waals surface area contributed by atoms with Crippen LogP contribution in [0.1, 0.15) is 39.7 Å². The number of carbonyl (C=O) groups is 3. The molecule has 1 fully saturated rings. The lowest BCUT2D eigenvalue weighted by Crippen LogP contribution is -2.57. The van der Waals surface area contributed by atoms with Gasteiger partial charge in [0.1, 0.15) is 6.61 Å². The summed E-state index contributed by atoms with van der Waals surface area (Å²) >= 11 is 0. The van der Waals surface area contributed by atoms with Gasteiger partial charge in [0.2, 0.25) is 6.29 Å². The van der Waals surface area contributed by atoms with Crippen molar-refractivity contribution in [2.45, 2.75) is 58.9 Å². The van der Waals surface area contributed by atoms with Gasteiger partial charge < -0.3 is 28.4 Å². The molecule has 9 heteroatoms. The zero-order valence-electron chi connectivity index (χ0n) is 20.3. The van der Waals surface area contributed by atoms with Gasteiger partial charge in [0.05, 0.1) is 13.0 Å². The maximum atomic E-state index is 13.3. The van der Waals surface area contributed by atoms with Crippen LogP contribution in [-0.2, 0) is 49.4 Å². The molecule has 0 aliphatic carbocycles. The number of cyclic esters (lactones) is 1. The highest BCUT2D eigenvalue weighted by atomic mass is 16.8. The second-order valence-electron chi connectivity index (χ2n) is 8.92. The van der Waals surface area contributed by atoms with E-state index in [1.54, 1.807) is 31.2 Å². The van der Waals surface area contributed by atoms with Crippen LogP contribution in [0.2, 0.25) is 0 Å². The number of rotatable bonds is 10. The lowest BCUT2D eigenvalue weighted by atomic mass is 9.75. The Balaban J connectivity index is 2.51. The molecule has 0 aromatic heterocycles. The highest BCUT2D eigenvalue weighted by Crippen LogP contribution is 2.46. The third kappa shape index (κ3) is 5.72. The van der Waals surface area contributed by atoms with Crippen LogP contribution >= 0.6 is 0 Å². The molecule has 1 heterocycles. The Morgan fingerprint density at radius 2 is 1.67 bits per heavy atom. The summed E-state index contributed by atoms with van der Waals surface area (Å²) in [6.07, 6.45) is -1.99. The molecule has 0 N–H and O–H groups in total. The lowest BCUT2D eigenvalue weighted by Gasteiger charge is -2.39. The standard InChI is InChI=1S/C24H34O9/c1-8-24(21(27)32-22(33-24)23(2,3)4)17(20(29-6)30-7)16(18(25)28-5)19(26)31-14-15-12-10-9-11-13-15/h9-13,16-17,20,22H,8,14H2,1-7H3/t16?,17?,22-,24-/m0/s1. The smallest absolute Gasteiger partial charge is 0.341 e. The van der Waals surface area contributed by atoms with Crippen LogP contribution in [0.3, 0.4) is 0 Å². The first-order valence-electron chi connectivity index (χ1n) is 10.8. The summed E-state index contributed by atoms with van der Waals surface area (Å²) < 4.78 is 33.0. The van der Waals surface area contributed by atoms with Gasteiger partial charge >= 0.3 is 17.9 Å². The third-order valence-corrected chi connectivity index (χ3v) is 5.70. The molecule has 1 aromatic carbocycles. The van der Waals surface area contributed by atoms with Gasteiger partial charge in [0, 0.05) is 19.6 Å². The molecule has 2 rings (SSSR count). The first-order chi connectivity index (χ1) is 15.5. The van der Waals surface area contributed by atoms with E-state index in [0.29, 0.717) is 0 Å². The lowest BCUT2D eigenvalue weighted by molar-refractivity contribution is -0.231. The Morgan fingerprint density at radius 3 is 2.12 bits per heavy atom. The van der Waals surface area contributed by atoms with E-state index < -0.39 is 53.3 Å². The van der Waals surface area contributed by atoms with Crippen LogP contribution in [0.25, 0.3) is 0 Å². The van der Waals surface area contributed by atoms with Crippen molar-refractivity contribution in [3.8, 4) is 0 Å². The summed E-state index contributed by atoms with van der Waals surface area (Å²) in [7, 11) is 3.83. The first-order valence-corrected chi connectivity index (χ1v) is 10.8. The van der Waals surface area contributed by atoms with Gasteiger partial charge in [-0.2, -0.15) is 0 Å². The van der Waals surface area contributed by atoms with E-state index in [4.69, 9.17) is 28.4 Å². The minimum atomic E-state index is -1.71. The van der Waals surface area contributed by atoms with Gasteiger partial charge in [-0.15, -0.1) is 0 Å². The second-order valence-corrected chi connectivity index (χ2v) is 8.92. The minimum absolute atomic E-state index is 0.0699. The summed E-state index contributed by atoms with van der Waals surface area (Å²) in [4.78, 5) is 39.4. The molecule has 33 heavy (non-hydrogen) atoms. The van der Waals surface area contributed by atoms with E-state index in [1.165, 1.54) is 14.2 Å². The molecular formula is C24H34O9. The van der Waals surface area contributed by atoms with Crippen LogP contribution in [0, 0.1) is 17.3 Å². The zero-order valence-corrected chi connectivity index (χ0v) is 20.3. The van der Waals surface area contributed by atoms with Crippen molar-refractivity contribution < 1.29 is 42.8 Å². The van der Waals surface area contributed by atoms with Crippen molar-refractivity contribution in [3.63, 3.8) is 0 Å². The molecule has 0 radical (unpaired) electrons. The van der Waals surface area contributed by atoms with Crippen molar-refractivity contribution in [2.24, 2.45) is 17.3 Å². The van der Waals surface area contributed by atoms with Gasteiger partial charge in [-0.25, -0.2) is 4.79 Å². The maximum Gasteiger partial charge on any atom is 0.341 e. The monoisotopic (exact) mass is 466 g/mol. The van der Waals surface area contributed by atoms with Gasteiger partial charge in [-0.3, -0.25) is 9.59 Å². The van der Waals surface area contributed by atoms with Crippen molar-refractivity contribution in [1.82, 2.24) is 0 Å². The Kier molecular flexibility index (Phi) is 8.99. The average molecular weight is 467 g/mol. The molecule has 2 unspecified atom stereocenters. The van der Waals surface area contributed by atoms with Crippen LogP contribution in [0.5, 0.6) is 0 Å². The predicted octanol–water partition coefficient (Wildman–Crippen LogP) is 2.85. The highest BCUT2D eigenvalue weighted by Gasteiger charge is 2.64. The molecule has 0 amide bonds. The number of methoxy groups -OCH3 is 3. The van der Waals surface area contributed by atoms with Gasteiger partial charge in [-0.05, 0) is 12.0 Å². The normalized spacial score (nSPS) is 22.5. The van der Waals surface area contributed by atoms with Crippen LogP contribution < -0.4 is 0 Å². The summed E-state index contributed by atoms with van der Waals surface area (Å²) in [6.45, 7) is 7.18. The largest absolute Gasteiger partial charge is 0.468 e. The SMILES string of the molecule is CC[C@@]1(C(C(OC)OC)C(C(=O)OC)C(=O)OCc2ccccc2)O[C@@H](C(C)(C)C)OC1=O. The fraction of sp³-hybridized carbons (Fsp3) is 0.625. The van der Waals surface area contributed by atoms with Crippen molar-refractivity contribution in [2.75, 3.05) is 21.3 Å². The van der Waals surface area contributed by atoms with E-state index in [-0.39, 0.29) is 13.0 Å². The maximum absolute atomic E-state index is 13.3. The molecule has 0 spiro atoms. The molecule has 0 saturated carbocycles. The number of hydrogen-bond acceptors (Lipinski definition) is 9. The van der Waals surface area contributed by atoms with Crippen molar-refractivity contribution in [3.05, 3.63) is 35.9 Å².